The summed E-state index contributed by atoms with van der Waals surface area (Å²) < 4.78 is 6.74. The first-order valence-corrected chi connectivity index (χ1v) is 13.7. The Morgan fingerprint density at radius 3 is 2.25 bits per heavy atom. The zero-order valence-corrected chi connectivity index (χ0v) is 22.6. The summed E-state index contributed by atoms with van der Waals surface area (Å²) in [5, 5.41) is 2.98. The summed E-state index contributed by atoms with van der Waals surface area (Å²) in [5.74, 6) is -0.488. The van der Waals surface area contributed by atoms with Gasteiger partial charge in [-0.2, -0.15) is 0 Å². The van der Waals surface area contributed by atoms with Crippen LogP contribution in [0.1, 0.15) is 45.5 Å². The van der Waals surface area contributed by atoms with Gasteiger partial charge in [-0.15, -0.1) is 0 Å². The maximum atomic E-state index is 13.1. The molecule has 1 amide bonds. The van der Waals surface area contributed by atoms with Crippen molar-refractivity contribution >= 4 is 17.6 Å². The van der Waals surface area contributed by atoms with Gasteiger partial charge < -0.3 is 19.5 Å². The minimum absolute atomic E-state index is 0.0201. The number of hydrogen-bond donors (Lipinski definition) is 1. The predicted octanol–water partition coefficient (Wildman–Crippen LogP) is 4.38. The van der Waals surface area contributed by atoms with E-state index in [4.69, 9.17) is 4.74 Å². The van der Waals surface area contributed by atoms with Crippen molar-refractivity contribution in [1.29, 1.82) is 0 Å². The van der Waals surface area contributed by atoms with E-state index in [2.05, 4.69) is 29.6 Å². The van der Waals surface area contributed by atoms with Gasteiger partial charge in [-0.3, -0.25) is 14.4 Å². The highest BCUT2D eigenvalue weighted by atomic mass is 16.5. The highest BCUT2D eigenvalue weighted by Crippen LogP contribution is 2.32. The van der Waals surface area contributed by atoms with Gasteiger partial charge in [0.15, 0.2) is 0 Å². The lowest BCUT2D eigenvalue weighted by molar-refractivity contribution is -0.141. The SMILES string of the molecule is CCOC(=O)CN1CCc2c(C(=O)NCCn3cc(C(c4ccccc4)c4ccccc4)ccc3=O)cccc21. The lowest BCUT2D eigenvalue weighted by Gasteiger charge is -2.20. The summed E-state index contributed by atoms with van der Waals surface area (Å²) in [6.07, 6.45) is 2.58. The van der Waals surface area contributed by atoms with Crippen LogP contribution in [0.5, 0.6) is 0 Å². The van der Waals surface area contributed by atoms with E-state index in [9.17, 15) is 14.4 Å². The van der Waals surface area contributed by atoms with E-state index in [0.29, 0.717) is 38.2 Å². The van der Waals surface area contributed by atoms with Crippen molar-refractivity contribution < 1.29 is 14.3 Å². The molecule has 2 heterocycles. The number of carbonyl (C=O) groups is 2. The Balaban J connectivity index is 1.30. The lowest BCUT2D eigenvalue weighted by Crippen LogP contribution is -2.31. The number of benzene rings is 3. The van der Waals surface area contributed by atoms with Crippen LogP contribution in [0.4, 0.5) is 5.69 Å². The maximum Gasteiger partial charge on any atom is 0.325 e. The first-order valence-electron chi connectivity index (χ1n) is 13.7. The molecule has 0 bridgehead atoms. The number of nitrogens with zero attached hydrogens (tertiary/aromatic N) is 2. The van der Waals surface area contributed by atoms with Crippen LogP contribution >= 0.6 is 0 Å². The van der Waals surface area contributed by atoms with Gasteiger partial charge in [0.1, 0.15) is 6.54 Å². The lowest BCUT2D eigenvalue weighted by atomic mass is 9.86. The monoisotopic (exact) mass is 535 g/mol. The molecule has 1 aliphatic heterocycles. The molecule has 204 valence electrons. The number of nitrogens with one attached hydrogen (secondary N) is 1. The largest absolute Gasteiger partial charge is 0.465 e. The normalized spacial score (nSPS) is 12.3. The summed E-state index contributed by atoms with van der Waals surface area (Å²) >= 11 is 0. The molecule has 1 aromatic heterocycles. The number of amides is 1. The summed E-state index contributed by atoms with van der Waals surface area (Å²) in [4.78, 5) is 39.8. The van der Waals surface area contributed by atoms with Crippen LogP contribution < -0.4 is 15.8 Å². The fraction of sp³-hybridized carbons (Fsp3) is 0.242. The molecule has 40 heavy (non-hydrogen) atoms. The Labute approximate surface area is 234 Å². The van der Waals surface area contributed by atoms with Gasteiger partial charge in [0.05, 0.1) is 6.61 Å². The molecular formula is C33H33N3O4. The summed E-state index contributed by atoms with van der Waals surface area (Å²) in [6.45, 7) is 3.60. The van der Waals surface area contributed by atoms with E-state index in [0.717, 1.165) is 27.9 Å². The van der Waals surface area contributed by atoms with Crippen molar-refractivity contribution in [1.82, 2.24) is 9.88 Å². The Morgan fingerprint density at radius 2 is 1.57 bits per heavy atom. The highest BCUT2D eigenvalue weighted by Gasteiger charge is 2.26. The predicted molar refractivity (Wildman–Crippen MR) is 156 cm³/mol. The van der Waals surface area contributed by atoms with Crippen LogP contribution in [0.2, 0.25) is 0 Å². The van der Waals surface area contributed by atoms with E-state index in [-0.39, 0.29) is 29.9 Å². The molecule has 0 saturated heterocycles. The number of fused-ring (bicyclic) bond motifs is 1. The Bertz CT molecular complexity index is 1490. The number of aromatic nitrogens is 1. The highest BCUT2D eigenvalue weighted by molar-refractivity contribution is 5.98. The Morgan fingerprint density at radius 1 is 0.875 bits per heavy atom. The molecule has 1 aliphatic rings. The fourth-order valence-corrected chi connectivity index (χ4v) is 5.39. The first-order chi connectivity index (χ1) is 19.5. The molecule has 1 N–H and O–H groups in total. The van der Waals surface area contributed by atoms with Crippen molar-refractivity contribution in [2.75, 3.05) is 31.1 Å². The van der Waals surface area contributed by atoms with Crippen molar-refractivity contribution in [2.45, 2.75) is 25.8 Å². The number of pyridine rings is 1. The van der Waals surface area contributed by atoms with Crippen LogP contribution in [-0.2, 0) is 22.5 Å². The molecule has 0 radical (unpaired) electrons. The van der Waals surface area contributed by atoms with Gasteiger partial charge >= 0.3 is 5.97 Å². The van der Waals surface area contributed by atoms with Gasteiger partial charge in [0.2, 0.25) is 0 Å². The van der Waals surface area contributed by atoms with Gasteiger partial charge in [0, 0.05) is 49.1 Å². The van der Waals surface area contributed by atoms with E-state index >= 15 is 0 Å². The second-order valence-corrected chi connectivity index (χ2v) is 9.78. The molecule has 0 spiro atoms. The quantitative estimate of drug-likeness (QED) is 0.305. The number of hydrogen-bond acceptors (Lipinski definition) is 5. The van der Waals surface area contributed by atoms with E-state index in [1.807, 2.05) is 65.7 Å². The number of esters is 1. The molecule has 7 heteroatoms. The van der Waals surface area contributed by atoms with Crippen LogP contribution in [0.25, 0.3) is 0 Å². The molecule has 5 rings (SSSR count). The minimum atomic E-state index is -0.278. The maximum absolute atomic E-state index is 13.1. The molecule has 4 aromatic rings. The van der Waals surface area contributed by atoms with Crippen molar-refractivity contribution in [2.24, 2.45) is 0 Å². The molecule has 0 aliphatic carbocycles. The number of ether oxygens (including phenoxy) is 1. The average Bonchev–Trinajstić information content (AvgIpc) is 3.38. The minimum Gasteiger partial charge on any atom is -0.465 e. The fourth-order valence-electron chi connectivity index (χ4n) is 5.39. The average molecular weight is 536 g/mol. The molecule has 7 nitrogen and oxygen atoms in total. The third kappa shape index (κ3) is 5.99. The number of carbonyl (C=O) groups excluding carboxylic acids is 2. The van der Waals surface area contributed by atoms with Crippen molar-refractivity contribution in [3.8, 4) is 0 Å². The standard InChI is InChI=1S/C33H33N3O4/c1-2-40-31(38)23-35-20-18-27-28(14-9-15-29(27)35)33(39)34-19-21-36-22-26(16-17-30(36)37)32(24-10-5-3-6-11-24)25-12-7-4-8-13-25/h3-17,22,32H,2,18-21,23H2,1H3,(H,34,39). The second-order valence-electron chi connectivity index (χ2n) is 9.78. The Hall–Kier alpha value is -4.65. The van der Waals surface area contributed by atoms with Crippen LogP contribution in [-0.4, -0.2) is 42.7 Å². The van der Waals surface area contributed by atoms with Crippen LogP contribution in [0.3, 0.4) is 0 Å². The summed E-state index contributed by atoms with van der Waals surface area (Å²) in [6, 6.07) is 29.5. The van der Waals surface area contributed by atoms with E-state index < -0.39 is 0 Å². The molecule has 0 atom stereocenters. The zero-order valence-electron chi connectivity index (χ0n) is 22.6. The number of anilines is 1. The van der Waals surface area contributed by atoms with Gasteiger partial charge in [0.25, 0.3) is 11.5 Å². The molecule has 0 fully saturated rings. The molecular weight excluding hydrogens is 502 g/mol. The molecule has 0 saturated carbocycles. The Kier molecular flexibility index (Phi) is 8.40. The van der Waals surface area contributed by atoms with E-state index in [1.54, 1.807) is 23.6 Å². The third-order valence-corrected chi connectivity index (χ3v) is 7.24. The first kappa shape index (κ1) is 26.9. The summed E-state index contributed by atoms with van der Waals surface area (Å²) in [5.41, 5.74) is 5.58. The topological polar surface area (TPSA) is 80.6 Å². The molecule has 0 unspecified atom stereocenters. The smallest absolute Gasteiger partial charge is 0.325 e. The molecule has 3 aromatic carbocycles. The van der Waals surface area contributed by atoms with E-state index in [1.165, 1.54) is 0 Å². The van der Waals surface area contributed by atoms with Gasteiger partial charge in [-0.25, -0.2) is 0 Å². The zero-order chi connectivity index (χ0) is 27.9. The van der Waals surface area contributed by atoms with Crippen molar-refractivity contribution in [3.63, 3.8) is 0 Å². The van der Waals surface area contributed by atoms with Gasteiger partial charge in [-0.1, -0.05) is 72.8 Å². The third-order valence-electron chi connectivity index (χ3n) is 7.24. The van der Waals surface area contributed by atoms with Crippen LogP contribution in [0, 0.1) is 0 Å². The van der Waals surface area contributed by atoms with Crippen molar-refractivity contribution in [3.05, 3.63) is 135 Å². The summed E-state index contributed by atoms with van der Waals surface area (Å²) in [7, 11) is 0. The second kappa shape index (κ2) is 12.5. The van der Waals surface area contributed by atoms with Gasteiger partial charge in [-0.05, 0) is 47.7 Å². The number of rotatable bonds is 10. The van der Waals surface area contributed by atoms with Crippen LogP contribution in [0.15, 0.2) is 102 Å².